The van der Waals surface area contributed by atoms with E-state index in [1.807, 2.05) is 44.2 Å². The lowest BCUT2D eigenvalue weighted by molar-refractivity contribution is -0.137. The molecular weight excluding hydrogens is 290 g/mol. The molecule has 0 aromatic heterocycles. The minimum Gasteiger partial charge on any atom is -0.481 e. The van der Waals surface area contributed by atoms with Crippen molar-refractivity contribution in [2.75, 3.05) is 0 Å². The van der Waals surface area contributed by atoms with Crippen LogP contribution in [-0.2, 0) is 4.79 Å². The van der Waals surface area contributed by atoms with E-state index in [1.165, 1.54) is 11.8 Å². The lowest BCUT2D eigenvalue weighted by Crippen LogP contribution is -2.21. The smallest absolute Gasteiger partial charge is 0.303 e. The van der Waals surface area contributed by atoms with Crippen LogP contribution in [0.4, 0.5) is 0 Å². The van der Waals surface area contributed by atoms with Gasteiger partial charge in [0.1, 0.15) is 4.75 Å². The summed E-state index contributed by atoms with van der Waals surface area (Å²) in [5, 5.41) is 17.8. The summed E-state index contributed by atoms with van der Waals surface area (Å²) in [6.45, 7) is 5.72. The maximum Gasteiger partial charge on any atom is 0.303 e. The third kappa shape index (κ3) is 6.69. The molecule has 1 aromatic carbocycles. The topological polar surface area (TPSA) is 61.1 Å². The van der Waals surface area contributed by atoms with E-state index in [9.17, 15) is 10.1 Å². The fraction of sp³-hybridized carbons (Fsp3) is 0.400. The van der Waals surface area contributed by atoms with Gasteiger partial charge in [0.2, 0.25) is 0 Å². The highest BCUT2D eigenvalue weighted by Crippen LogP contribution is 2.32. The van der Waals surface area contributed by atoms with Gasteiger partial charge in [0.25, 0.3) is 0 Å². The molecule has 0 aliphatic rings. The zero-order valence-electron chi connectivity index (χ0n) is 11.9. The van der Waals surface area contributed by atoms with Crippen LogP contribution in [0.2, 0.25) is 0 Å². The number of hydrogen-bond acceptors (Lipinski definition) is 4. The standard InChI is InChI=1S/C13H13NO2S2.C2H6/c1-13(9-14,8-7-11(15)16)18-12(17)10-5-3-2-4-6-10;1-2/h2-6H,7-8H2,1H3,(H,15,16);1-2H3. The number of nitrogens with zero attached hydrogens (tertiary/aromatic N) is 1. The molecule has 0 fully saturated rings. The SMILES string of the molecule is CC.CC(C#N)(CCC(=O)O)SC(=S)c1ccccc1. The minimum absolute atomic E-state index is 0.0333. The van der Waals surface area contributed by atoms with Gasteiger partial charge in [-0.1, -0.05) is 68.2 Å². The molecule has 0 aliphatic carbocycles. The predicted octanol–water partition coefficient (Wildman–Crippen LogP) is 4.27. The number of nitriles is 1. The zero-order chi connectivity index (χ0) is 15.6. The Bertz CT molecular complexity index is 482. The van der Waals surface area contributed by atoms with Crippen LogP contribution in [0.1, 0.15) is 39.2 Å². The monoisotopic (exact) mass is 309 g/mol. The summed E-state index contributed by atoms with van der Waals surface area (Å²) in [5.41, 5.74) is 0.884. The summed E-state index contributed by atoms with van der Waals surface area (Å²) in [4.78, 5) is 10.6. The molecule has 1 rings (SSSR count). The third-order valence-electron chi connectivity index (χ3n) is 2.38. The van der Waals surface area contributed by atoms with Crippen molar-refractivity contribution < 1.29 is 9.90 Å². The average molecular weight is 309 g/mol. The molecule has 0 saturated carbocycles. The van der Waals surface area contributed by atoms with Crippen molar-refractivity contribution in [1.82, 2.24) is 0 Å². The highest BCUT2D eigenvalue weighted by Gasteiger charge is 2.27. The van der Waals surface area contributed by atoms with Gasteiger partial charge in [-0.05, 0) is 18.9 Å². The largest absolute Gasteiger partial charge is 0.481 e. The Kier molecular flexibility index (Phi) is 8.86. The second-order valence-corrected chi connectivity index (χ2v) is 6.17. The Labute approximate surface area is 130 Å². The molecule has 0 saturated heterocycles. The number of benzene rings is 1. The quantitative estimate of drug-likeness (QED) is 0.823. The van der Waals surface area contributed by atoms with Crippen molar-refractivity contribution in [3.8, 4) is 6.07 Å². The first kappa shape index (κ1) is 18.6. The summed E-state index contributed by atoms with van der Waals surface area (Å²) in [7, 11) is 0. The fourth-order valence-electron chi connectivity index (χ4n) is 1.31. The van der Waals surface area contributed by atoms with Crippen LogP contribution in [0.15, 0.2) is 30.3 Å². The average Bonchev–Trinajstić information content (AvgIpc) is 2.48. The van der Waals surface area contributed by atoms with Gasteiger partial charge >= 0.3 is 5.97 Å². The Morgan fingerprint density at radius 2 is 1.95 bits per heavy atom. The van der Waals surface area contributed by atoms with Gasteiger partial charge in [-0.2, -0.15) is 5.26 Å². The number of aliphatic carboxylic acids is 1. The molecule has 5 heteroatoms. The Morgan fingerprint density at radius 1 is 1.40 bits per heavy atom. The van der Waals surface area contributed by atoms with Gasteiger partial charge in [-0.15, -0.1) is 0 Å². The van der Waals surface area contributed by atoms with E-state index >= 15 is 0 Å². The van der Waals surface area contributed by atoms with E-state index in [4.69, 9.17) is 17.3 Å². The van der Waals surface area contributed by atoms with Crippen molar-refractivity contribution in [3.63, 3.8) is 0 Å². The zero-order valence-corrected chi connectivity index (χ0v) is 13.6. The van der Waals surface area contributed by atoms with Crippen LogP contribution in [0.3, 0.4) is 0 Å². The molecule has 1 atom stereocenters. The van der Waals surface area contributed by atoms with Crippen molar-refractivity contribution in [1.29, 1.82) is 5.26 Å². The van der Waals surface area contributed by atoms with E-state index in [-0.39, 0.29) is 12.8 Å². The maximum atomic E-state index is 10.6. The molecular formula is C15H19NO2S2. The summed E-state index contributed by atoms with van der Waals surface area (Å²) >= 11 is 6.53. The molecule has 1 aromatic rings. The number of carbonyl (C=O) groups is 1. The van der Waals surface area contributed by atoms with Crippen molar-refractivity contribution >= 4 is 34.1 Å². The Balaban J connectivity index is 0.00000172. The van der Waals surface area contributed by atoms with E-state index in [0.717, 1.165) is 5.56 Å². The lowest BCUT2D eigenvalue weighted by atomic mass is 10.1. The molecule has 20 heavy (non-hydrogen) atoms. The van der Waals surface area contributed by atoms with Gasteiger partial charge in [0.15, 0.2) is 0 Å². The third-order valence-corrected chi connectivity index (χ3v) is 4.03. The lowest BCUT2D eigenvalue weighted by Gasteiger charge is -2.20. The Morgan fingerprint density at radius 3 is 2.40 bits per heavy atom. The molecule has 0 radical (unpaired) electrons. The summed E-state index contributed by atoms with van der Waals surface area (Å²) < 4.78 is -0.185. The number of hydrogen-bond donors (Lipinski definition) is 1. The van der Waals surface area contributed by atoms with Gasteiger partial charge in [-0.25, -0.2) is 0 Å². The van der Waals surface area contributed by atoms with Crippen molar-refractivity contribution in [3.05, 3.63) is 35.9 Å². The van der Waals surface area contributed by atoms with Crippen LogP contribution < -0.4 is 0 Å². The molecule has 0 amide bonds. The number of rotatable bonds is 5. The first-order chi connectivity index (χ1) is 9.47. The minimum atomic E-state index is -0.900. The van der Waals surface area contributed by atoms with Gasteiger partial charge in [0.05, 0.1) is 10.3 Å². The summed E-state index contributed by atoms with van der Waals surface area (Å²) in [6.07, 6.45) is 0.241. The van der Waals surface area contributed by atoms with Gasteiger partial charge in [0, 0.05) is 6.42 Å². The normalized spacial score (nSPS) is 12.3. The first-order valence-electron chi connectivity index (χ1n) is 6.38. The molecule has 0 heterocycles. The summed E-state index contributed by atoms with van der Waals surface area (Å²) in [6, 6.07) is 11.6. The van der Waals surface area contributed by atoms with E-state index in [0.29, 0.717) is 4.20 Å². The van der Waals surface area contributed by atoms with E-state index in [2.05, 4.69) is 6.07 Å². The van der Waals surface area contributed by atoms with Crippen LogP contribution in [0.25, 0.3) is 0 Å². The summed E-state index contributed by atoms with van der Waals surface area (Å²) in [5.74, 6) is -0.900. The molecule has 1 unspecified atom stereocenters. The van der Waals surface area contributed by atoms with Crippen molar-refractivity contribution in [2.24, 2.45) is 0 Å². The van der Waals surface area contributed by atoms with Crippen LogP contribution >= 0.6 is 24.0 Å². The van der Waals surface area contributed by atoms with Gasteiger partial charge in [-0.3, -0.25) is 4.79 Å². The molecule has 108 valence electrons. The van der Waals surface area contributed by atoms with Crippen LogP contribution in [0, 0.1) is 11.3 Å². The highest BCUT2D eigenvalue weighted by atomic mass is 32.2. The van der Waals surface area contributed by atoms with Gasteiger partial charge < -0.3 is 5.11 Å². The molecule has 0 aliphatic heterocycles. The second kappa shape index (κ2) is 9.51. The maximum absolute atomic E-state index is 10.6. The molecule has 1 N–H and O–H groups in total. The number of thioether (sulfide) groups is 1. The van der Waals surface area contributed by atoms with Crippen molar-refractivity contribution in [2.45, 2.75) is 38.4 Å². The number of thiocarbonyl (C=S) groups is 1. The van der Waals surface area contributed by atoms with Crippen LogP contribution in [-0.4, -0.2) is 20.0 Å². The first-order valence-corrected chi connectivity index (χ1v) is 7.61. The molecule has 0 spiro atoms. The molecule has 0 bridgehead atoms. The fourth-order valence-corrected chi connectivity index (χ4v) is 2.91. The van der Waals surface area contributed by atoms with E-state index < -0.39 is 10.7 Å². The number of carboxylic acid groups (broad SMARTS) is 1. The second-order valence-electron chi connectivity index (χ2n) is 3.99. The van der Waals surface area contributed by atoms with E-state index in [1.54, 1.807) is 6.92 Å². The number of carboxylic acids is 1. The highest BCUT2D eigenvalue weighted by molar-refractivity contribution is 8.24. The molecule has 3 nitrogen and oxygen atoms in total. The van der Waals surface area contributed by atoms with Crippen LogP contribution in [0.5, 0.6) is 0 Å². The Hall–Kier alpha value is -1.38. The predicted molar refractivity (Wildman–Crippen MR) is 88.0 cm³/mol.